The van der Waals surface area contributed by atoms with Gasteiger partial charge in [-0.25, -0.2) is 9.98 Å². The number of aromatic nitrogens is 1. The van der Waals surface area contributed by atoms with Gasteiger partial charge in [-0.15, -0.1) is 0 Å². The van der Waals surface area contributed by atoms with Gasteiger partial charge in [-0.05, 0) is 38.5 Å². The van der Waals surface area contributed by atoms with E-state index in [0.29, 0.717) is 11.7 Å². The van der Waals surface area contributed by atoms with Crippen LogP contribution in [0.3, 0.4) is 0 Å². The Hall–Kier alpha value is -2.28. The molecule has 134 valence electrons. The SMILES string of the molecule is C=Nc1nccc(N2C[C@@H](C)C[C@@H](N3CC[C@@H](N)C3=O)C2)c1N=CC. The number of piperidine rings is 1. The Morgan fingerprint density at radius 1 is 1.44 bits per heavy atom. The fourth-order valence-electron chi connectivity index (χ4n) is 3.89. The highest BCUT2D eigenvalue weighted by Gasteiger charge is 2.37. The Morgan fingerprint density at radius 2 is 2.24 bits per heavy atom. The van der Waals surface area contributed by atoms with Crippen molar-refractivity contribution in [3.63, 3.8) is 0 Å². The Kier molecular flexibility index (Phi) is 5.13. The van der Waals surface area contributed by atoms with Crippen LogP contribution in [0.25, 0.3) is 0 Å². The molecule has 1 aromatic heterocycles. The van der Waals surface area contributed by atoms with Crippen LogP contribution in [0.4, 0.5) is 17.2 Å². The van der Waals surface area contributed by atoms with E-state index in [1.165, 1.54) is 0 Å². The number of carbonyl (C=O) groups is 1. The fourth-order valence-corrected chi connectivity index (χ4v) is 3.89. The van der Waals surface area contributed by atoms with Crippen molar-refractivity contribution in [3.05, 3.63) is 12.3 Å². The summed E-state index contributed by atoms with van der Waals surface area (Å²) in [7, 11) is 0. The summed E-state index contributed by atoms with van der Waals surface area (Å²) < 4.78 is 0. The van der Waals surface area contributed by atoms with Gasteiger partial charge in [0.2, 0.25) is 5.91 Å². The van der Waals surface area contributed by atoms with Crippen molar-refractivity contribution in [1.29, 1.82) is 0 Å². The largest absolute Gasteiger partial charge is 0.367 e. The predicted molar refractivity (Wildman–Crippen MR) is 101 cm³/mol. The summed E-state index contributed by atoms with van der Waals surface area (Å²) in [6.45, 7) is 10.1. The van der Waals surface area contributed by atoms with E-state index in [4.69, 9.17) is 5.73 Å². The molecule has 1 aromatic rings. The number of pyridine rings is 1. The summed E-state index contributed by atoms with van der Waals surface area (Å²) in [4.78, 5) is 29.3. The maximum atomic E-state index is 12.3. The lowest BCUT2D eigenvalue weighted by molar-refractivity contribution is -0.131. The van der Waals surface area contributed by atoms with Crippen molar-refractivity contribution in [2.45, 2.75) is 38.8 Å². The Morgan fingerprint density at radius 3 is 2.88 bits per heavy atom. The molecule has 0 bridgehead atoms. The van der Waals surface area contributed by atoms with Gasteiger partial charge in [0.25, 0.3) is 0 Å². The molecule has 2 N–H and O–H groups in total. The van der Waals surface area contributed by atoms with Gasteiger partial charge in [0.1, 0.15) is 5.69 Å². The molecule has 1 amide bonds. The first kappa shape index (κ1) is 17.5. The van der Waals surface area contributed by atoms with E-state index in [1.807, 2.05) is 17.9 Å². The number of rotatable bonds is 4. The van der Waals surface area contributed by atoms with Crippen LogP contribution in [0.2, 0.25) is 0 Å². The number of aliphatic imine (C=N–C) groups is 2. The molecule has 3 atom stereocenters. The maximum Gasteiger partial charge on any atom is 0.239 e. The molecule has 0 saturated carbocycles. The zero-order chi connectivity index (χ0) is 18.0. The van der Waals surface area contributed by atoms with Gasteiger partial charge in [-0.3, -0.25) is 9.79 Å². The predicted octanol–water partition coefficient (Wildman–Crippen LogP) is 1.91. The van der Waals surface area contributed by atoms with Crippen molar-refractivity contribution >= 4 is 36.0 Å². The number of likely N-dealkylation sites (tertiary alicyclic amines) is 1. The van der Waals surface area contributed by atoms with Gasteiger partial charge in [0.15, 0.2) is 5.82 Å². The maximum absolute atomic E-state index is 12.3. The van der Waals surface area contributed by atoms with Gasteiger partial charge in [0, 0.05) is 38.1 Å². The minimum absolute atomic E-state index is 0.0778. The van der Waals surface area contributed by atoms with Crippen LogP contribution < -0.4 is 10.6 Å². The average Bonchev–Trinajstić information content (AvgIpc) is 2.94. The van der Waals surface area contributed by atoms with Crippen LogP contribution in [0.5, 0.6) is 0 Å². The monoisotopic (exact) mass is 342 g/mol. The van der Waals surface area contributed by atoms with Crippen molar-refractivity contribution in [3.8, 4) is 0 Å². The molecule has 7 nitrogen and oxygen atoms in total. The van der Waals surface area contributed by atoms with E-state index in [9.17, 15) is 4.79 Å². The van der Waals surface area contributed by atoms with Crippen molar-refractivity contribution in [2.24, 2.45) is 21.6 Å². The van der Waals surface area contributed by atoms with E-state index in [-0.39, 0.29) is 18.0 Å². The number of hydrogen-bond donors (Lipinski definition) is 1. The van der Waals surface area contributed by atoms with Crippen LogP contribution >= 0.6 is 0 Å². The molecule has 2 fully saturated rings. The smallest absolute Gasteiger partial charge is 0.239 e. The second kappa shape index (κ2) is 7.31. The van der Waals surface area contributed by atoms with Crippen molar-refractivity contribution in [2.75, 3.05) is 24.5 Å². The first-order valence-corrected chi connectivity index (χ1v) is 8.80. The van der Waals surface area contributed by atoms with Gasteiger partial charge in [-0.1, -0.05) is 6.92 Å². The van der Waals surface area contributed by atoms with Crippen LogP contribution in [-0.2, 0) is 4.79 Å². The van der Waals surface area contributed by atoms with Crippen LogP contribution in [0.15, 0.2) is 22.2 Å². The van der Waals surface area contributed by atoms with Crippen molar-refractivity contribution < 1.29 is 4.79 Å². The van der Waals surface area contributed by atoms with E-state index in [0.717, 1.165) is 43.9 Å². The number of hydrogen-bond acceptors (Lipinski definition) is 6. The van der Waals surface area contributed by atoms with Crippen LogP contribution in [0.1, 0.15) is 26.7 Å². The van der Waals surface area contributed by atoms with Crippen molar-refractivity contribution in [1.82, 2.24) is 9.88 Å². The summed E-state index contributed by atoms with van der Waals surface area (Å²) in [5, 5.41) is 0. The molecule has 2 aliphatic heterocycles. The molecule has 0 spiro atoms. The van der Waals surface area contributed by atoms with E-state index < -0.39 is 0 Å². The number of nitrogens with two attached hydrogens (primary N) is 1. The molecule has 0 radical (unpaired) electrons. The molecule has 25 heavy (non-hydrogen) atoms. The Labute approximate surface area is 148 Å². The van der Waals surface area contributed by atoms with E-state index in [1.54, 1.807) is 12.4 Å². The average molecular weight is 342 g/mol. The second-order valence-corrected chi connectivity index (χ2v) is 6.87. The van der Waals surface area contributed by atoms with Gasteiger partial charge in [-0.2, -0.15) is 0 Å². The van der Waals surface area contributed by atoms with Crippen LogP contribution in [0, 0.1) is 5.92 Å². The summed E-state index contributed by atoms with van der Waals surface area (Å²) in [5.74, 6) is 1.08. The lowest BCUT2D eigenvalue weighted by atomic mass is 9.94. The standard InChI is InChI=1S/C18H26N6O/c1-4-21-16-15(5-7-22-17(16)20-3)23-10-12(2)9-13(11-23)24-8-6-14(19)18(24)25/h4-5,7,12-14H,3,6,8-11,19H2,1-2H3/t12-,13+,14+/m0/s1. The summed E-state index contributed by atoms with van der Waals surface area (Å²) in [6.07, 6.45) is 5.22. The van der Waals surface area contributed by atoms with Gasteiger partial charge < -0.3 is 15.5 Å². The number of amides is 1. The molecule has 0 aliphatic carbocycles. The molecule has 2 saturated heterocycles. The summed E-state index contributed by atoms with van der Waals surface area (Å²) >= 11 is 0. The highest BCUT2D eigenvalue weighted by molar-refractivity contribution is 5.84. The highest BCUT2D eigenvalue weighted by Crippen LogP contribution is 2.38. The first-order valence-electron chi connectivity index (χ1n) is 8.80. The third kappa shape index (κ3) is 3.42. The first-order chi connectivity index (χ1) is 12.0. The third-order valence-corrected chi connectivity index (χ3v) is 4.99. The minimum atomic E-state index is -0.344. The Bertz CT molecular complexity index is 688. The molecular weight excluding hydrogens is 316 g/mol. The molecule has 7 heteroatoms. The molecule has 3 rings (SSSR count). The third-order valence-electron chi connectivity index (χ3n) is 4.99. The molecule has 0 aromatic carbocycles. The van der Waals surface area contributed by atoms with E-state index >= 15 is 0 Å². The fraction of sp³-hybridized carbons (Fsp3) is 0.556. The molecule has 3 heterocycles. The summed E-state index contributed by atoms with van der Waals surface area (Å²) in [6, 6.07) is 1.80. The van der Waals surface area contributed by atoms with Gasteiger partial charge in [0.05, 0.1) is 11.7 Å². The lowest BCUT2D eigenvalue weighted by Crippen LogP contribution is -2.52. The molecular formula is C18H26N6O. The quantitative estimate of drug-likeness (QED) is 0.847. The van der Waals surface area contributed by atoms with Gasteiger partial charge >= 0.3 is 0 Å². The highest BCUT2D eigenvalue weighted by atomic mass is 16.2. The number of anilines is 1. The topological polar surface area (TPSA) is 87.2 Å². The molecule has 2 aliphatic rings. The zero-order valence-electron chi connectivity index (χ0n) is 14.9. The lowest BCUT2D eigenvalue weighted by Gasteiger charge is -2.42. The second-order valence-electron chi connectivity index (χ2n) is 6.87. The number of carbonyl (C=O) groups excluding carboxylic acids is 1. The van der Waals surface area contributed by atoms with Crippen LogP contribution in [-0.4, -0.2) is 60.4 Å². The zero-order valence-corrected chi connectivity index (χ0v) is 14.9. The normalized spacial score (nSPS) is 27.3. The summed E-state index contributed by atoms with van der Waals surface area (Å²) in [5.41, 5.74) is 7.63. The number of nitrogens with zero attached hydrogens (tertiary/aromatic N) is 5. The Balaban J connectivity index is 1.90. The van der Waals surface area contributed by atoms with E-state index in [2.05, 4.69) is 33.5 Å². The minimum Gasteiger partial charge on any atom is -0.367 e. The molecule has 0 unspecified atom stereocenters.